The molecule has 0 unspecified atom stereocenters. The van der Waals surface area contributed by atoms with Crippen LogP contribution >= 0.6 is 0 Å². The summed E-state index contributed by atoms with van der Waals surface area (Å²) in [5, 5.41) is 2.68. The predicted octanol–water partition coefficient (Wildman–Crippen LogP) is 5.55. The topological polar surface area (TPSA) is 38.3 Å². The molecule has 0 aliphatic heterocycles. The van der Waals surface area contributed by atoms with Crippen molar-refractivity contribution in [3.05, 3.63) is 94.6 Å². The zero-order valence-electron chi connectivity index (χ0n) is 17.0. The van der Waals surface area contributed by atoms with E-state index in [-0.39, 0.29) is 18.1 Å². The molecule has 1 N–H and O–H groups in total. The van der Waals surface area contributed by atoms with Gasteiger partial charge in [-0.15, -0.1) is 0 Å². The molecule has 0 fully saturated rings. The number of carbonyl (C=O) groups excluding carboxylic acids is 1. The maximum absolute atomic E-state index is 13.6. The van der Waals surface area contributed by atoms with E-state index < -0.39 is 17.7 Å². The van der Waals surface area contributed by atoms with Crippen molar-refractivity contribution >= 4 is 6.09 Å². The fourth-order valence-electron chi connectivity index (χ4n) is 3.82. The largest absolute Gasteiger partial charge is 0.449 e. The average molecular weight is 417 g/mol. The van der Waals surface area contributed by atoms with Gasteiger partial charge < -0.3 is 10.1 Å². The first-order chi connectivity index (χ1) is 15.1. The highest BCUT2D eigenvalue weighted by atomic mass is 19.2. The van der Waals surface area contributed by atoms with Crippen molar-refractivity contribution in [3.63, 3.8) is 0 Å². The predicted molar refractivity (Wildman–Crippen MR) is 116 cm³/mol. The second-order valence-corrected chi connectivity index (χ2v) is 7.34. The van der Waals surface area contributed by atoms with Gasteiger partial charge in [-0.05, 0) is 41.3 Å². The first kappa shape index (κ1) is 20.6. The minimum atomic E-state index is -0.889. The van der Waals surface area contributed by atoms with E-state index in [1.165, 1.54) is 24.1 Å². The molecule has 4 rings (SSSR count). The van der Waals surface area contributed by atoms with Crippen molar-refractivity contribution in [1.82, 2.24) is 5.32 Å². The third kappa shape index (κ3) is 4.29. The maximum Gasteiger partial charge on any atom is 0.407 e. The van der Waals surface area contributed by atoms with Crippen molar-refractivity contribution < 1.29 is 18.3 Å². The zero-order valence-corrected chi connectivity index (χ0v) is 17.0. The minimum Gasteiger partial charge on any atom is -0.449 e. The highest BCUT2D eigenvalue weighted by Crippen LogP contribution is 2.44. The lowest BCUT2D eigenvalue weighted by atomic mass is 9.98. The number of alkyl carbamates (subject to hydrolysis) is 1. The van der Waals surface area contributed by atoms with Crippen LogP contribution in [-0.4, -0.2) is 19.2 Å². The quantitative estimate of drug-likeness (QED) is 0.446. The molecule has 0 heterocycles. The lowest BCUT2D eigenvalue weighted by molar-refractivity contribution is 0.143. The van der Waals surface area contributed by atoms with Crippen molar-refractivity contribution in [1.29, 1.82) is 0 Å². The standard InChI is InChI=1S/C26H21F2NO2/c1-17-18(13-14-24(27)25(17)28)8-6-7-15-29-26(30)31-16-23-21-11-4-2-9-19(21)20-10-3-5-12-22(20)23/h2-5,9-14,23H,7,15-16H2,1H3,(H,29,30). The Labute approximate surface area is 180 Å². The van der Waals surface area contributed by atoms with E-state index in [2.05, 4.69) is 41.4 Å². The fraction of sp³-hybridized carbons (Fsp3) is 0.192. The van der Waals surface area contributed by atoms with Gasteiger partial charge in [0, 0.05) is 30.0 Å². The van der Waals surface area contributed by atoms with Crippen LogP contribution in [0.25, 0.3) is 11.1 Å². The van der Waals surface area contributed by atoms with Crippen LogP contribution in [0.1, 0.15) is 34.6 Å². The Morgan fingerprint density at radius 2 is 1.65 bits per heavy atom. The Morgan fingerprint density at radius 1 is 1.00 bits per heavy atom. The van der Waals surface area contributed by atoms with Crippen LogP contribution < -0.4 is 5.32 Å². The van der Waals surface area contributed by atoms with Gasteiger partial charge in [0.25, 0.3) is 0 Å². The molecule has 1 aliphatic rings. The molecule has 3 aromatic rings. The summed E-state index contributed by atoms with van der Waals surface area (Å²) in [5.41, 5.74) is 5.27. The molecule has 0 aromatic heterocycles. The molecule has 0 saturated heterocycles. The molecule has 0 saturated carbocycles. The Bertz CT molecular complexity index is 1150. The second kappa shape index (κ2) is 9.01. The molecule has 1 aliphatic carbocycles. The fourth-order valence-corrected chi connectivity index (χ4v) is 3.82. The molecule has 0 spiro atoms. The van der Waals surface area contributed by atoms with Gasteiger partial charge in [-0.25, -0.2) is 13.6 Å². The Morgan fingerprint density at radius 3 is 2.32 bits per heavy atom. The number of nitrogens with one attached hydrogen (secondary N) is 1. The van der Waals surface area contributed by atoms with Gasteiger partial charge in [-0.1, -0.05) is 60.4 Å². The van der Waals surface area contributed by atoms with E-state index >= 15 is 0 Å². The summed E-state index contributed by atoms with van der Waals surface area (Å²) in [7, 11) is 0. The number of benzene rings is 3. The molecule has 156 valence electrons. The monoisotopic (exact) mass is 417 g/mol. The number of carbonyl (C=O) groups is 1. The highest BCUT2D eigenvalue weighted by molar-refractivity contribution is 5.79. The van der Waals surface area contributed by atoms with Crippen molar-refractivity contribution in [2.45, 2.75) is 19.3 Å². The Balaban J connectivity index is 1.30. The molecule has 1 amide bonds. The SMILES string of the molecule is Cc1c(C#CCCNC(=O)OCC2c3ccccc3-c3ccccc32)ccc(F)c1F. The summed E-state index contributed by atoms with van der Waals surface area (Å²) in [6, 6.07) is 18.8. The van der Waals surface area contributed by atoms with E-state index in [1.54, 1.807) is 0 Å². The first-order valence-electron chi connectivity index (χ1n) is 10.1. The molecule has 0 radical (unpaired) electrons. The van der Waals surface area contributed by atoms with Crippen molar-refractivity contribution in [2.24, 2.45) is 0 Å². The van der Waals surface area contributed by atoms with Gasteiger partial charge in [-0.2, -0.15) is 0 Å². The number of rotatable bonds is 4. The van der Waals surface area contributed by atoms with Crippen molar-refractivity contribution in [2.75, 3.05) is 13.2 Å². The van der Waals surface area contributed by atoms with Gasteiger partial charge in [0.15, 0.2) is 11.6 Å². The molecule has 3 nitrogen and oxygen atoms in total. The second-order valence-electron chi connectivity index (χ2n) is 7.34. The summed E-state index contributed by atoms with van der Waals surface area (Å²) < 4.78 is 32.2. The lowest BCUT2D eigenvalue weighted by Crippen LogP contribution is -2.26. The van der Waals surface area contributed by atoms with Crippen LogP contribution in [-0.2, 0) is 4.74 Å². The Kier molecular flexibility index (Phi) is 5.99. The Hall–Kier alpha value is -3.65. The zero-order chi connectivity index (χ0) is 21.8. The van der Waals surface area contributed by atoms with E-state index in [1.807, 2.05) is 24.3 Å². The number of hydrogen-bond acceptors (Lipinski definition) is 2. The van der Waals surface area contributed by atoms with Crippen LogP contribution in [0.2, 0.25) is 0 Å². The lowest BCUT2D eigenvalue weighted by Gasteiger charge is -2.14. The normalized spacial score (nSPS) is 11.8. The number of fused-ring (bicyclic) bond motifs is 3. The van der Waals surface area contributed by atoms with Gasteiger partial charge in [0.05, 0.1) is 0 Å². The number of ether oxygens (including phenoxy) is 1. The van der Waals surface area contributed by atoms with Crippen molar-refractivity contribution in [3.8, 4) is 23.0 Å². The molecule has 0 bridgehead atoms. The average Bonchev–Trinajstić information content (AvgIpc) is 3.11. The van der Waals surface area contributed by atoms with Crippen LogP contribution in [0.5, 0.6) is 0 Å². The van der Waals surface area contributed by atoms with Crippen LogP contribution in [0.3, 0.4) is 0 Å². The summed E-state index contributed by atoms with van der Waals surface area (Å²) in [5.74, 6) is 3.90. The third-order valence-electron chi connectivity index (χ3n) is 5.43. The molecule has 3 aromatic carbocycles. The number of halogens is 2. The van der Waals surface area contributed by atoms with Gasteiger partial charge in [0.1, 0.15) is 6.61 Å². The molecular formula is C26H21F2NO2. The van der Waals surface area contributed by atoms with E-state index in [0.717, 1.165) is 17.2 Å². The van der Waals surface area contributed by atoms with Gasteiger partial charge in [0.2, 0.25) is 0 Å². The smallest absolute Gasteiger partial charge is 0.407 e. The first-order valence-corrected chi connectivity index (χ1v) is 10.1. The maximum atomic E-state index is 13.6. The number of hydrogen-bond donors (Lipinski definition) is 1. The van der Waals surface area contributed by atoms with E-state index in [9.17, 15) is 13.6 Å². The molecule has 5 heteroatoms. The molecule has 0 atom stereocenters. The minimum absolute atomic E-state index is 0.00860. The van der Waals surface area contributed by atoms with Crippen LogP contribution in [0, 0.1) is 30.4 Å². The van der Waals surface area contributed by atoms with E-state index in [4.69, 9.17) is 4.74 Å². The van der Waals surface area contributed by atoms with Crippen LogP contribution in [0.4, 0.5) is 13.6 Å². The molecular weight excluding hydrogens is 396 g/mol. The summed E-state index contributed by atoms with van der Waals surface area (Å²) in [4.78, 5) is 12.1. The van der Waals surface area contributed by atoms with Gasteiger partial charge >= 0.3 is 6.09 Å². The summed E-state index contributed by atoms with van der Waals surface area (Å²) >= 11 is 0. The number of amides is 1. The molecule has 31 heavy (non-hydrogen) atoms. The summed E-state index contributed by atoms with van der Waals surface area (Å²) in [6.45, 7) is 2.03. The highest BCUT2D eigenvalue weighted by Gasteiger charge is 2.28. The summed E-state index contributed by atoms with van der Waals surface area (Å²) in [6.07, 6.45) is -0.143. The van der Waals surface area contributed by atoms with Gasteiger partial charge in [-0.3, -0.25) is 0 Å². The van der Waals surface area contributed by atoms with E-state index in [0.29, 0.717) is 18.5 Å². The third-order valence-corrected chi connectivity index (χ3v) is 5.43. The van der Waals surface area contributed by atoms with Crippen LogP contribution in [0.15, 0.2) is 60.7 Å².